The molecule has 5 nitrogen and oxygen atoms in total. The van der Waals surface area contributed by atoms with E-state index in [9.17, 15) is 4.79 Å². The van der Waals surface area contributed by atoms with Crippen LogP contribution in [0.25, 0.3) is 0 Å². The molecule has 1 aliphatic heterocycles. The monoisotopic (exact) mass is 248 g/mol. The van der Waals surface area contributed by atoms with Gasteiger partial charge in [-0.25, -0.2) is 0 Å². The van der Waals surface area contributed by atoms with Gasteiger partial charge in [-0.05, 0) is 25.1 Å². The lowest BCUT2D eigenvalue weighted by molar-refractivity contribution is 0.304. The van der Waals surface area contributed by atoms with Crippen molar-refractivity contribution < 1.29 is 0 Å². The first-order chi connectivity index (χ1) is 8.54. The molecule has 0 bridgehead atoms. The highest BCUT2D eigenvalue weighted by Gasteiger charge is 2.20. The molecule has 2 heterocycles. The van der Waals surface area contributed by atoms with Gasteiger partial charge in [0, 0.05) is 31.7 Å². The highest BCUT2D eigenvalue weighted by atomic mass is 16.1. The summed E-state index contributed by atoms with van der Waals surface area (Å²) in [7, 11) is 2.06. The fourth-order valence-corrected chi connectivity index (χ4v) is 2.51. The van der Waals surface area contributed by atoms with E-state index < -0.39 is 0 Å². The van der Waals surface area contributed by atoms with Crippen LogP contribution >= 0.6 is 0 Å². The number of fused-ring (bicyclic) bond motifs is 1. The Morgan fingerprint density at radius 3 is 2.89 bits per heavy atom. The molecule has 1 aliphatic rings. The van der Waals surface area contributed by atoms with Gasteiger partial charge in [-0.15, -0.1) is 0 Å². The molecule has 2 rings (SSSR count). The smallest absolute Gasteiger partial charge is 0.261 e. The lowest BCUT2D eigenvalue weighted by atomic mass is 10.0. The minimum absolute atomic E-state index is 0.118. The molecule has 0 atom stereocenters. The number of rotatable bonds is 3. The molecule has 0 spiro atoms. The number of nitrogens with two attached hydrogens (primary N) is 1. The Balaban J connectivity index is 2.62. The summed E-state index contributed by atoms with van der Waals surface area (Å²) in [6.45, 7) is 4.54. The number of amidine groups is 1. The summed E-state index contributed by atoms with van der Waals surface area (Å²) < 4.78 is 1.80. The molecule has 3 N–H and O–H groups in total. The molecule has 5 heteroatoms. The maximum Gasteiger partial charge on any atom is 0.261 e. The Morgan fingerprint density at radius 1 is 1.56 bits per heavy atom. The summed E-state index contributed by atoms with van der Waals surface area (Å²) in [5.74, 6) is -0.138. The Kier molecular flexibility index (Phi) is 3.52. The second-order valence-electron chi connectivity index (χ2n) is 4.89. The first kappa shape index (κ1) is 12.8. The lowest BCUT2D eigenvalue weighted by Crippen LogP contribution is -2.37. The first-order valence-electron chi connectivity index (χ1n) is 6.33. The van der Waals surface area contributed by atoms with Crippen LogP contribution in [-0.2, 0) is 19.5 Å². The lowest BCUT2D eigenvalue weighted by Gasteiger charge is -2.28. The minimum Gasteiger partial charge on any atom is -0.384 e. The average Bonchev–Trinajstić information content (AvgIpc) is 2.32. The van der Waals surface area contributed by atoms with Crippen molar-refractivity contribution in [2.24, 2.45) is 5.73 Å². The third kappa shape index (κ3) is 2.18. The predicted octanol–water partition coefficient (Wildman–Crippen LogP) is 0.530. The van der Waals surface area contributed by atoms with E-state index >= 15 is 0 Å². The SMILES string of the molecule is CCCn1c2c(cc(C(=N)N)c1=O)CN(C)CC2. The van der Waals surface area contributed by atoms with Gasteiger partial charge in [0.1, 0.15) is 5.84 Å². The number of aromatic nitrogens is 1. The number of likely N-dealkylation sites (N-methyl/N-ethyl adjacent to an activating group) is 1. The van der Waals surface area contributed by atoms with Crippen LogP contribution in [0.4, 0.5) is 0 Å². The highest BCUT2D eigenvalue weighted by Crippen LogP contribution is 2.17. The molecule has 0 fully saturated rings. The Hall–Kier alpha value is -1.62. The summed E-state index contributed by atoms with van der Waals surface area (Å²) in [6, 6.07) is 1.79. The van der Waals surface area contributed by atoms with E-state index in [0.717, 1.165) is 37.2 Å². The van der Waals surface area contributed by atoms with E-state index in [1.54, 1.807) is 10.6 Å². The second-order valence-corrected chi connectivity index (χ2v) is 4.89. The first-order valence-corrected chi connectivity index (χ1v) is 6.33. The van der Waals surface area contributed by atoms with Crippen molar-refractivity contribution in [1.29, 1.82) is 5.41 Å². The van der Waals surface area contributed by atoms with Gasteiger partial charge in [-0.2, -0.15) is 0 Å². The van der Waals surface area contributed by atoms with Crippen LogP contribution in [0.3, 0.4) is 0 Å². The van der Waals surface area contributed by atoms with Crippen molar-refractivity contribution in [2.75, 3.05) is 13.6 Å². The maximum atomic E-state index is 12.3. The van der Waals surface area contributed by atoms with Crippen LogP contribution in [0.1, 0.15) is 30.2 Å². The Morgan fingerprint density at radius 2 is 2.28 bits per heavy atom. The third-order valence-corrected chi connectivity index (χ3v) is 3.40. The molecule has 0 aromatic carbocycles. The molecule has 98 valence electrons. The van der Waals surface area contributed by atoms with Crippen LogP contribution in [-0.4, -0.2) is 28.9 Å². The zero-order valence-electron chi connectivity index (χ0n) is 11.0. The van der Waals surface area contributed by atoms with E-state index in [1.807, 2.05) is 6.92 Å². The van der Waals surface area contributed by atoms with Gasteiger partial charge in [0.25, 0.3) is 5.56 Å². The van der Waals surface area contributed by atoms with Crippen LogP contribution in [0.15, 0.2) is 10.9 Å². The van der Waals surface area contributed by atoms with Gasteiger partial charge < -0.3 is 15.2 Å². The van der Waals surface area contributed by atoms with Crippen molar-refractivity contribution in [3.63, 3.8) is 0 Å². The summed E-state index contributed by atoms with van der Waals surface area (Å²) in [6.07, 6.45) is 1.79. The van der Waals surface area contributed by atoms with Gasteiger partial charge in [-0.3, -0.25) is 10.2 Å². The fourth-order valence-electron chi connectivity index (χ4n) is 2.51. The van der Waals surface area contributed by atoms with E-state index in [1.165, 1.54) is 0 Å². The minimum atomic E-state index is -0.138. The molecule has 18 heavy (non-hydrogen) atoms. The zero-order chi connectivity index (χ0) is 13.3. The number of hydrogen-bond donors (Lipinski definition) is 2. The van der Waals surface area contributed by atoms with E-state index in [-0.39, 0.29) is 11.4 Å². The van der Waals surface area contributed by atoms with E-state index in [0.29, 0.717) is 12.1 Å². The summed E-state index contributed by atoms with van der Waals surface area (Å²) in [5.41, 5.74) is 7.96. The second kappa shape index (κ2) is 4.94. The predicted molar refractivity (Wildman–Crippen MR) is 72.0 cm³/mol. The quantitative estimate of drug-likeness (QED) is 0.605. The normalized spacial score (nSPS) is 15.4. The maximum absolute atomic E-state index is 12.3. The summed E-state index contributed by atoms with van der Waals surface area (Å²) in [4.78, 5) is 14.5. The van der Waals surface area contributed by atoms with Crippen molar-refractivity contribution in [1.82, 2.24) is 9.47 Å². The van der Waals surface area contributed by atoms with E-state index in [4.69, 9.17) is 11.1 Å². The summed E-state index contributed by atoms with van der Waals surface area (Å²) in [5, 5.41) is 7.52. The molecule has 0 unspecified atom stereocenters. The van der Waals surface area contributed by atoms with Crippen molar-refractivity contribution >= 4 is 5.84 Å². The molecule has 0 aliphatic carbocycles. The van der Waals surface area contributed by atoms with Gasteiger partial charge in [-0.1, -0.05) is 6.92 Å². The van der Waals surface area contributed by atoms with Crippen LogP contribution in [0, 0.1) is 5.41 Å². The molecule has 0 radical (unpaired) electrons. The Labute approximate surface area is 107 Å². The highest BCUT2D eigenvalue weighted by molar-refractivity contribution is 5.94. The van der Waals surface area contributed by atoms with Gasteiger partial charge in [0.05, 0.1) is 5.56 Å². The number of nitrogens with one attached hydrogen (secondary N) is 1. The van der Waals surface area contributed by atoms with Crippen LogP contribution < -0.4 is 11.3 Å². The average molecular weight is 248 g/mol. The fraction of sp³-hybridized carbons (Fsp3) is 0.538. The van der Waals surface area contributed by atoms with Crippen LogP contribution in [0.2, 0.25) is 0 Å². The molecule has 1 aromatic heterocycles. The molecular weight excluding hydrogens is 228 g/mol. The Bertz CT molecular complexity index is 533. The molecule has 1 aromatic rings. The molecule has 0 saturated heterocycles. The topological polar surface area (TPSA) is 75.1 Å². The third-order valence-electron chi connectivity index (χ3n) is 3.40. The van der Waals surface area contributed by atoms with Gasteiger partial charge >= 0.3 is 0 Å². The van der Waals surface area contributed by atoms with Gasteiger partial charge in [0.15, 0.2) is 0 Å². The van der Waals surface area contributed by atoms with Crippen molar-refractivity contribution in [3.8, 4) is 0 Å². The van der Waals surface area contributed by atoms with Crippen molar-refractivity contribution in [3.05, 3.63) is 33.2 Å². The van der Waals surface area contributed by atoms with E-state index in [2.05, 4.69) is 11.9 Å². The number of nitrogen functional groups attached to an aromatic ring is 1. The van der Waals surface area contributed by atoms with Crippen LogP contribution in [0.5, 0.6) is 0 Å². The number of hydrogen-bond acceptors (Lipinski definition) is 3. The molecule has 0 amide bonds. The number of pyridine rings is 1. The molecular formula is C13H20N4O. The standard InChI is InChI=1S/C13H20N4O/c1-3-5-17-11-4-6-16(2)8-9(11)7-10(12(14)15)13(17)18/h7H,3-6,8H2,1-2H3,(H3,14,15). The molecule has 0 saturated carbocycles. The zero-order valence-corrected chi connectivity index (χ0v) is 11.0. The number of nitrogens with zero attached hydrogens (tertiary/aromatic N) is 2. The largest absolute Gasteiger partial charge is 0.384 e. The summed E-state index contributed by atoms with van der Waals surface area (Å²) >= 11 is 0. The van der Waals surface area contributed by atoms with Gasteiger partial charge in [0.2, 0.25) is 0 Å². The van der Waals surface area contributed by atoms with Crippen molar-refractivity contribution in [2.45, 2.75) is 32.9 Å².